The molecule has 19 heavy (non-hydrogen) atoms. The quantitative estimate of drug-likeness (QED) is 0.779. The summed E-state index contributed by atoms with van der Waals surface area (Å²) in [6.45, 7) is 1.80. The minimum absolute atomic E-state index is 0.0542. The lowest BCUT2D eigenvalue weighted by Crippen LogP contribution is -2.23. The predicted molar refractivity (Wildman–Crippen MR) is 78.1 cm³/mol. The van der Waals surface area contributed by atoms with E-state index < -0.39 is 0 Å². The van der Waals surface area contributed by atoms with Gasteiger partial charge in [-0.3, -0.25) is 4.79 Å². The number of nitrogens with two attached hydrogens (primary N) is 1. The van der Waals surface area contributed by atoms with Crippen molar-refractivity contribution in [3.05, 3.63) is 12.1 Å². The van der Waals surface area contributed by atoms with Crippen LogP contribution in [0.25, 0.3) is 0 Å². The van der Waals surface area contributed by atoms with E-state index in [1.165, 1.54) is 32.1 Å². The van der Waals surface area contributed by atoms with Crippen LogP contribution in [0.2, 0.25) is 0 Å². The minimum Gasteiger partial charge on any atom is -0.382 e. The van der Waals surface area contributed by atoms with E-state index in [9.17, 15) is 4.79 Å². The Morgan fingerprint density at radius 3 is 2.74 bits per heavy atom. The van der Waals surface area contributed by atoms with Gasteiger partial charge in [0.1, 0.15) is 11.6 Å². The van der Waals surface area contributed by atoms with Gasteiger partial charge in [-0.2, -0.15) is 0 Å². The molecular formula is C14H22N4O. The highest BCUT2D eigenvalue weighted by atomic mass is 16.1. The number of rotatable bonds is 4. The van der Waals surface area contributed by atoms with Crippen molar-refractivity contribution < 1.29 is 4.79 Å². The smallest absolute Gasteiger partial charge is 0.224 e. The van der Waals surface area contributed by atoms with Crippen molar-refractivity contribution in [1.29, 1.82) is 0 Å². The molecule has 1 heterocycles. The van der Waals surface area contributed by atoms with Gasteiger partial charge in [0.25, 0.3) is 0 Å². The van der Waals surface area contributed by atoms with E-state index in [2.05, 4.69) is 15.6 Å². The van der Waals surface area contributed by atoms with Gasteiger partial charge < -0.3 is 16.4 Å². The average Bonchev–Trinajstić information content (AvgIpc) is 2.43. The third kappa shape index (κ3) is 3.84. The molecule has 0 saturated heterocycles. The lowest BCUT2D eigenvalue weighted by Gasteiger charge is -2.23. The third-order valence-electron chi connectivity index (χ3n) is 3.48. The lowest BCUT2D eigenvalue weighted by molar-refractivity contribution is -0.115. The van der Waals surface area contributed by atoms with Crippen LogP contribution in [0.3, 0.4) is 0 Å². The van der Waals surface area contributed by atoms with Crippen molar-refractivity contribution in [2.24, 2.45) is 0 Å². The van der Waals surface area contributed by atoms with E-state index >= 15 is 0 Å². The summed E-state index contributed by atoms with van der Waals surface area (Å²) < 4.78 is 0. The molecule has 0 aliphatic heterocycles. The summed E-state index contributed by atoms with van der Waals surface area (Å²) >= 11 is 0. The zero-order valence-corrected chi connectivity index (χ0v) is 11.4. The molecule has 0 bridgehead atoms. The Morgan fingerprint density at radius 2 is 2.11 bits per heavy atom. The van der Waals surface area contributed by atoms with Crippen molar-refractivity contribution in [3.8, 4) is 0 Å². The first kappa shape index (κ1) is 13.6. The van der Waals surface area contributed by atoms with Crippen LogP contribution in [-0.2, 0) is 4.79 Å². The van der Waals surface area contributed by atoms with Gasteiger partial charge in [-0.15, -0.1) is 0 Å². The van der Waals surface area contributed by atoms with Crippen LogP contribution in [-0.4, -0.2) is 16.9 Å². The molecule has 5 heteroatoms. The van der Waals surface area contributed by atoms with Gasteiger partial charge in [0.2, 0.25) is 5.91 Å². The molecule has 1 aromatic heterocycles. The molecule has 0 spiro atoms. The lowest BCUT2D eigenvalue weighted by atomic mass is 9.95. The number of carbonyl (C=O) groups is 1. The highest BCUT2D eigenvalue weighted by Gasteiger charge is 2.14. The number of nitrogen functional groups attached to an aromatic ring is 1. The van der Waals surface area contributed by atoms with Gasteiger partial charge in [-0.05, 0) is 25.0 Å². The van der Waals surface area contributed by atoms with Crippen LogP contribution >= 0.6 is 0 Å². The zero-order chi connectivity index (χ0) is 13.7. The van der Waals surface area contributed by atoms with Crippen molar-refractivity contribution in [3.63, 3.8) is 0 Å². The largest absolute Gasteiger partial charge is 0.382 e. The van der Waals surface area contributed by atoms with Gasteiger partial charge >= 0.3 is 0 Å². The van der Waals surface area contributed by atoms with E-state index in [1.807, 2.05) is 6.07 Å². The Labute approximate surface area is 114 Å². The fourth-order valence-corrected chi connectivity index (χ4v) is 2.36. The zero-order valence-electron chi connectivity index (χ0n) is 11.4. The summed E-state index contributed by atoms with van der Waals surface area (Å²) in [6, 6.07) is 4.17. The summed E-state index contributed by atoms with van der Waals surface area (Å²) in [6.07, 6.45) is 6.69. The Morgan fingerprint density at radius 1 is 1.37 bits per heavy atom. The number of nitrogens with zero attached hydrogens (tertiary/aromatic N) is 1. The van der Waals surface area contributed by atoms with Crippen molar-refractivity contribution in [2.45, 2.75) is 51.5 Å². The van der Waals surface area contributed by atoms with Gasteiger partial charge in [0.05, 0.1) is 5.69 Å². The van der Waals surface area contributed by atoms with E-state index in [1.54, 1.807) is 13.0 Å². The van der Waals surface area contributed by atoms with E-state index in [4.69, 9.17) is 5.73 Å². The number of amides is 1. The molecule has 1 aliphatic carbocycles. The number of carbonyl (C=O) groups excluding carboxylic acids is 1. The first-order valence-corrected chi connectivity index (χ1v) is 7.02. The summed E-state index contributed by atoms with van der Waals surface area (Å²) in [5, 5.41) is 6.15. The normalized spacial score (nSPS) is 16.1. The summed E-state index contributed by atoms with van der Waals surface area (Å²) in [7, 11) is 0. The molecule has 4 N–H and O–H groups in total. The number of hydrogen-bond donors (Lipinski definition) is 3. The number of pyridine rings is 1. The predicted octanol–water partition coefficient (Wildman–Crippen LogP) is 2.76. The monoisotopic (exact) mass is 262 g/mol. The van der Waals surface area contributed by atoms with Gasteiger partial charge in [-0.1, -0.05) is 26.2 Å². The molecule has 0 aromatic carbocycles. The molecular weight excluding hydrogens is 240 g/mol. The number of hydrogen-bond acceptors (Lipinski definition) is 4. The Kier molecular flexibility index (Phi) is 4.60. The third-order valence-corrected chi connectivity index (χ3v) is 3.48. The molecule has 2 rings (SSSR count). The fraction of sp³-hybridized carbons (Fsp3) is 0.571. The maximum absolute atomic E-state index is 11.3. The van der Waals surface area contributed by atoms with Crippen LogP contribution in [0.4, 0.5) is 17.3 Å². The Balaban J connectivity index is 1.99. The van der Waals surface area contributed by atoms with Crippen LogP contribution in [0.5, 0.6) is 0 Å². The fourth-order valence-electron chi connectivity index (χ4n) is 2.36. The van der Waals surface area contributed by atoms with E-state index in [0.29, 0.717) is 24.0 Å². The first-order valence-electron chi connectivity index (χ1n) is 7.02. The maximum Gasteiger partial charge on any atom is 0.224 e. The number of nitrogens with one attached hydrogen (secondary N) is 2. The van der Waals surface area contributed by atoms with E-state index in [-0.39, 0.29) is 5.91 Å². The van der Waals surface area contributed by atoms with Crippen molar-refractivity contribution in [1.82, 2.24) is 4.98 Å². The SMILES string of the molecule is CCC(=O)Nc1ccc(NC2CCCCC2)nc1N. The average molecular weight is 262 g/mol. The van der Waals surface area contributed by atoms with Gasteiger partial charge in [0.15, 0.2) is 0 Å². The van der Waals surface area contributed by atoms with Gasteiger partial charge in [-0.25, -0.2) is 4.98 Å². The maximum atomic E-state index is 11.3. The van der Waals surface area contributed by atoms with Crippen LogP contribution in [0.1, 0.15) is 45.4 Å². The van der Waals surface area contributed by atoms with E-state index in [0.717, 1.165) is 5.82 Å². The van der Waals surface area contributed by atoms with Crippen LogP contribution < -0.4 is 16.4 Å². The van der Waals surface area contributed by atoms with Crippen molar-refractivity contribution >= 4 is 23.2 Å². The number of aromatic nitrogens is 1. The molecule has 1 fully saturated rings. The Hall–Kier alpha value is -1.78. The first-order chi connectivity index (χ1) is 9.19. The Bertz CT molecular complexity index is 441. The standard InChI is InChI=1S/C14H22N4O/c1-2-13(19)17-11-8-9-12(18-14(11)15)16-10-6-4-3-5-7-10/h8-10H,2-7H2,1H3,(H,17,19)(H3,15,16,18). The summed E-state index contributed by atoms with van der Waals surface area (Å²) in [4.78, 5) is 15.6. The number of anilines is 3. The highest BCUT2D eigenvalue weighted by Crippen LogP contribution is 2.23. The minimum atomic E-state index is -0.0542. The topological polar surface area (TPSA) is 80.0 Å². The highest BCUT2D eigenvalue weighted by molar-refractivity contribution is 5.93. The van der Waals surface area contributed by atoms with Crippen molar-refractivity contribution in [2.75, 3.05) is 16.4 Å². The second-order valence-corrected chi connectivity index (χ2v) is 5.01. The molecule has 1 saturated carbocycles. The summed E-state index contributed by atoms with van der Waals surface area (Å²) in [5.41, 5.74) is 6.45. The molecule has 104 valence electrons. The summed E-state index contributed by atoms with van der Waals surface area (Å²) in [5.74, 6) is 1.10. The second-order valence-electron chi connectivity index (χ2n) is 5.01. The van der Waals surface area contributed by atoms with Crippen LogP contribution in [0, 0.1) is 0 Å². The molecule has 1 aromatic rings. The van der Waals surface area contributed by atoms with Crippen LogP contribution in [0.15, 0.2) is 12.1 Å². The molecule has 0 radical (unpaired) electrons. The molecule has 1 aliphatic rings. The van der Waals surface area contributed by atoms with Gasteiger partial charge in [0, 0.05) is 12.5 Å². The molecule has 5 nitrogen and oxygen atoms in total. The molecule has 1 amide bonds. The molecule has 0 unspecified atom stereocenters. The second kappa shape index (κ2) is 6.41. The molecule has 0 atom stereocenters.